The zero-order valence-electron chi connectivity index (χ0n) is 17.1. The fraction of sp³-hybridized carbons (Fsp3) is 0.455. The molecule has 0 heterocycles. The Kier molecular flexibility index (Phi) is 10.9. The first kappa shape index (κ1) is 27.9. The molecule has 0 amide bonds. The number of aryl methyl sites for hydroxylation is 2. The van der Waals surface area contributed by atoms with E-state index in [0.29, 0.717) is 47.7 Å². The molecule has 0 radical (unpaired) electrons. The lowest BCUT2D eigenvalue weighted by molar-refractivity contribution is -0.139. The molecule has 0 aliphatic rings. The van der Waals surface area contributed by atoms with Gasteiger partial charge in [0.15, 0.2) is 0 Å². The van der Waals surface area contributed by atoms with E-state index in [2.05, 4.69) is 0 Å². The van der Waals surface area contributed by atoms with Crippen molar-refractivity contribution in [2.75, 3.05) is 13.2 Å². The molecule has 9 heteroatoms. The molecule has 0 fully saturated rings. The van der Waals surface area contributed by atoms with Gasteiger partial charge in [-0.1, -0.05) is 42.3 Å². The van der Waals surface area contributed by atoms with Crippen LogP contribution in [0.15, 0.2) is 36.4 Å². The SMILES string of the molecule is CCC(N)(CO)CCc1ccc(OCCCc2ccc(Cl)c(Cl)c2)c(C(F)(F)F)c1.Cl. The topological polar surface area (TPSA) is 55.5 Å². The molecule has 0 saturated heterocycles. The van der Waals surface area contributed by atoms with E-state index in [4.69, 9.17) is 33.7 Å². The van der Waals surface area contributed by atoms with Crippen molar-refractivity contribution < 1.29 is 23.0 Å². The molecule has 0 bridgehead atoms. The van der Waals surface area contributed by atoms with E-state index in [1.54, 1.807) is 18.2 Å². The van der Waals surface area contributed by atoms with Crippen LogP contribution in [0.1, 0.15) is 42.9 Å². The molecule has 174 valence electrons. The van der Waals surface area contributed by atoms with Crippen molar-refractivity contribution >= 4 is 35.6 Å². The van der Waals surface area contributed by atoms with E-state index >= 15 is 0 Å². The number of hydrogen-bond acceptors (Lipinski definition) is 3. The lowest BCUT2D eigenvalue weighted by atomic mass is 9.90. The molecule has 0 aliphatic heterocycles. The van der Waals surface area contributed by atoms with Crippen LogP contribution in [0.5, 0.6) is 5.75 Å². The molecular formula is C22H27Cl3F3NO2. The highest BCUT2D eigenvalue weighted by molar-refractivity contribution is 6.42. The van der Waals surface area contributed by atoms with Gasteiger partial charge in [0.25, 0.3) is 0 Å². The average molecular weight is 501 g/mol. The first-order chi connectivity index (χ1) is 14.1. The fourth-order valence-electron chi connectivity index (χ4n) is 2.99. The highest BCUT2D eigenvalue weighted by Crippen LogP contribution is 2.37. The van der Waals surface area contributed by atoms with Crippen LogP contribution in [0, 0.1) is 0 Å². The highest BCUT2D eigenvalue weighted by Gasteiger charge is 2.35. The van der Waals surface area contributed by atoms with Crippen molar-refractivity contribution in [2.45, 2.75) is 50.7 Å². The second-order valence-corrected chi connectivity index (χ2v) is 8.22. The van der Waals surface area contributed by atoms with Crippen LogP contribution in [-0.4, -0.2) is 23.9 Å². The van der Waals surface area contributed by atoms with Gasteiger partial charge in [-0.05, 0) is 67.5 Å². The third-order valence-electron chi connectivity index (χ3n) is 5.13. The van der Waals surface area contributed by atoms with Crippen molar-refractivity contribution in [2.24, 2.45) is 5.73 Å². The Bertz CT molecular complexity index is 843. The number of aliphatic hydroxyl groups excluding tert-OH is 1. The first-order valence-corrected chi connectivity index (χ1v) is 10.5. The Balaban J connectivity index is 0.00000480. The van der Waals surface area contributed by atoms with Crippen molar-refractivity contribution in [3.05, 3.63) is 63.1 Å². The Morgan fingerprint density at radius 2 is 1.65 bits per heavy atom. The molecule has 3 N–H and O–H groups in total. The molecule has 1 unspecified atom stereocenters. The van der Waals surface area contributed by atoms with E-state index in [-0.39, 0.29) is 31.4 Å². The molecule has 3 nitrogen and oxygen atoms in total. The van der Waals surface area contributed by atoms with Gasteiger partial charge in [-0.3, -0.25) is 0 Å². The van der Waals surface area contributed by atoms with Crippen LogP contribution in [0.4, 0.5) is 13.2 Å². The maximum Gasteiger partial charge on any atom is 0.419 e. The number of halogens is 6. The smallest absolute Gasteiger partial charge is 0.419 e. The van der Waals surface area contributed by atoms with Crippen LogP contribution in [0.2, 0.25) is 10.0 Å². The third-order valence-corrected chi connectivity index (χ3v) is 5.87. The van der Waals surface area contributed by atoms with E-state index in [1.165, 1.54) is 6.07 Å². The molecular weight excluding hydrogens is 474 g/mol. The number of hydrogen-bond donors (Lipinski definition) is 2. The second-order valence-electron chi connectivity index (χ2n) is 7.40. The predicted octanol–water partition coefficient (Wildman–Crippen LogP) is 6.48. The molecule has 0 aromatic heterocycles. The van der Waals surface area contributed by atoms with E-state index < -0.39 is 17.3 Å². The minimum absolute atomic E-state index is 0. The summed E-state index contributed by atoms with van der Waals surface area (Å²) in [6, 6.07) is 9.30. The van der Waals surface area contributed by atoms with Gasteiger partial charge in [0.2, 0.25) is 0 Å². The maximum absolute atomic E-state index is 13.5. The first-order valence-electron chi connectivity index (χ1n) is 9.74. The van der Waals surface area contributed by atoms with Crippen molar-refractivity contribution in [3.8, 4) is 5.75 Å². The van der Waals surface area contributed by atoms with Crippen LogP contribution in [0.3, 0.4) is 0 Å². The summed E-state index contributed by atoms with van der Waals surface area (Å²) in [7, 11) is 0. The van der Waals surface area contributed by atoms with Crippen molar-refractivity contribution in [3.63, 3.8) is 0 Å². The fourth-order valence-corrected chi connectivity index (χ4v) is 3.32. The minimum Gasteiger partial charge on any atom is -0.493 e. The molecule has 2 aromatic carbocycles. The Morgan fingerprint density at radius 3 is 2.23 bits per heavy atom. The van der Waals surface area contributed by atoms with E-state index in [0.717, 1.165) is 11.6 Å². The average Bonchev–Trinajstić information content (AvgIpc) is 2.71. The van der Waals surface area contributed by atoms with Crippen molar-refractivity contribution in [1.29, 1.82) is 0 Å². The maximum atomic E-state index is 13.5. The summed E-state index contributed by atoms with van der Waals surface area (Å²) >= 11 is 11.8. The molecule has 31 heavy (non-hydrogen) atoms. The van der Waals surface area contributed by atoms with Gasteiger partial charge in [0, 0.05) is 5.54 Å². The van der Waals surface area contributed by atoms with Crippen molar-refractivity contribution in [1.82, 2.24) is 0 Å². The molecule has 0 spiro atoms. The number of benzene rings is 2. The zero-order valence-corrected chi connectivity index (χ0v) is 19.5. The Labute approximate surface area is 197 Å². The zero-order chi connectivity index (χ0) is 22.4. The van der Waals surface area contributed by atoms with Crippen LogP contribution in [-0.2, 0) is 19.0 Å². The number of aliphatic hydroxyl groups is 1. The largest absolute Gasteiger partial charge is 0.493 e. The highest BCUT2D eigenvalue weighted by atomic mass is 35.5. The Hall–Kier alpha value is -1.18. The van der Waals surface area contributed by atoms with Gasteiger partial charge < -0.3 is 15.6 Å². The van der Waals surface area contributed by atoms with Gasteiger partial charge >= 0.3 is 6.18 Å². The van der Waals surface area contributed by atoms with Gasteiger partial charge in [-0.25, -0.2) is 0 Å². The van der Waals surface area contributed by atoms with E-state index in [1.807, 2.05) is 13.0 Å². The van der Waals surface area contributed by atoms with E-state index in [9.17, 15) is 18.3 Å². The summed E-state index contributed by atoms with van der Waals surface area (Å²) in [5, 5.41) is 10.3. The molecule has 0 saturated carbocycles. The summed E-state index contributed by atoms with van der Waals surface area (Å²) in [4.78, 5) is 0. The van der Waals surface area contributed by atoms with Gasteiger partial charge in [0.1, 0.15) is 5.75 Å². The molecule has 0 aliphatic carbocycles. The van der Waals surface area contributed by atoms with Crippen LogP contribution in [0.25, 0.3) is 0 Å². The Morgan fingerprint density at radius 1 is 1.00 bits per heavy atom. The molecule has 2 aromatic rings. The summed E-state index contributed by atoms with van der Waals surface area (Å²) in [5.41, 5.74) is 5.87. The predicted molar refractivity (Wildman–Crippen MR) is 122 cm³/mol. The number of ether oxygens (including phenoxy) is 1. The lowest BCUT2D eigenvalue weighted by Crippen LogP contribution is -2.43. The monoisotopic (exact) mass is 499 g/mol. The number of nitrogens with two attached hydrogens (primary N) is 1. The third kappa shape index (κ3) is 8.35. The van der Waals surface area contributed by atoms with Crippen LogP contribution < -0.4 is 10.5 Å². The lowest BCUT2D eigenvalue weighted by Gasteiger charge is -2.25. The summed E-state index contributed by atoms with van der Waals surface area (Å²) < 4.78 is 46.0. The quantitative estimate of drug-likeness (QED) is 0.367. The standard InChI is InChI=1S/C22H26Cl2F3NO2.ClH/c1-2-21(28,14-29)10-9-16-6-8-20(17(12-16)22(25,26)27)30-11-3-4-15-5-7-18(23)19(24)13-15;/h5-8,12-13,29H,2-4,9-11,14,28H2,1H3;1H. The number of rotatable bonds is 10. The van der Waals surface area contributed by atoms with Gasteiger partial charge in [-0.15, -0.1) is 12.4 Å². The number of alkyl halides is 3. The molecule has 1 atom stereocenters. The van der Waals surface area contributed by atoms with Gasteiger partial charge in [-0.2, -0.15) is 13.2 Å². The van der Waals surface area contributed by atoms with Gasteiger partial charge in [0.05, 0.1) is 28.8 Å². The summed E-state index contributed by atoms with van der Waals surface area (Å²) in [6.45, 7) is 1.76. The minimum atomic E-state index is -4.53. The summed E-state index contributed by atoms with van der Waals surface area (Å²) in [5.74, 6) is -0.197. The molecule has 2 rings (SSSR count). The normalized spacial score (nSPS) is 13.4. The summed E-state index contributed by atoms with van der Waals surface area (Å²) in [6.07, 6.45) is -2.13. The second kappa shape index (κ2) is 12.2. The van der Waals surface area contributed by atoms with Crippen LogP contribution >= 0.6 is 35.6 Å².